The van der Waals surface area contributed by atoms with Crippen LogP contribution in [0.5, 0.6) is 0 Å². The van der Waals surface area contributed by atoms with Gasteiger partial charge in [0.15, 0.2) is 0 Å². The topological polar surface area (TPSA) is 81.1 Å². The number of carboxylic acid groups (broad SMARTS) is 1. The van der Waals surface area contributed by atoms with Gasteiger partial charge in [0, 0.05) is 29.9 Å². The molecule has 16 heavy (non-hydrogen) atoms. The second-order valence-corrected chi connectivity index (χ2v) is 4.57. The van der Waals surface area contributed by atoms with E-state index in [1.165, 1.54) is 11.8 Å². The van der Waals surface area contributed by atoms with Gasteiger partial charge in [-0.2, -0.15) is 11.8 Å². The number of carboxylic acids is 1. The van der Waals surface area contributed by atoms with Crippen LogP contribution in [0.25, 0.3) is 0 Å². The maximum atomic E-state index is 10.5. The molecule has 0 bridgehead atoms. The van der Waals surface area contributed by atoms with Crippen molar-refractivity contribution in [1.82, 2.24) is 9.55 Å². The number of carbonyl (C=O) groups is 1. The van der Waals surface area contributed by atoms with E-state index in [1.807, 2.05) is 6.20 Å². The molecule has 0 aliphatic carbocycles. The molecule has 0 saturated carbocycles. The third-order valence-electron chi connectivity index (χ3n) is 2.13. The number of aromatic nitrogens is 2. The Balaban J connectivity index is 2.36. The number of rotatable bonds is 7. The fourth-order valence-electron chi connectivity index (χ4n) is 1.27. The van der Waals surface area contributed by atoms with Gasteiger partial charge in [-0.3, -0.25) is 4.79 Å². The molecule has 0 aliphatic rings. The lowest BCUT2D eigenvalue weighted by molar-refractivity contribution is -0.137. The lowest BCUT2D eigenvalue weighted by atomic mass is 10.4. The van der Waals surface area contributed by atoms with Gasteiger partial charge in [0.1, 0.15) is 6.04 Å². The van der Waals surface area contributed by atoms with Crippen molar-refractivity contribution in [2.24, 2.45) is 5.73 Å². The van der Waals surface area contributed by atoms with Crippen LogP contribution in [0, 0.1) is 0 Å². The van der Waals surface area contributed by atoms with Crippen molar-refractivity contribution in [2.45, 2.75) is 31.7 Å². The summed E-state index contributed by atoms with van der Waals surface area (Å²) >= 11 is 1.52. The molecule has 0 radical (unpaired) electrons. The molecule has 1 heterocycles. The van der Waals surface area contributed by atoms with Crippen LogP contribution in [0.1, 0.15) is 19.0 Å². The van der Waals surface area contributed by atoms with E-state index in [2.05, 4.69) is 16.5 Å². The molecule has 0 aliphatic heterocycles. The Hall–Kier alpha value is -1.01. The zero-order valence-corrected chi connectivity index (χ0v) is 10.1. The summed E-state index contributed by atoms with van der Waals surface area (Å²) in [5.41, 5.74) is 6.53. The van der Waals surface area contributed by atoms with Crippen molar-refractivity contribution in [2.75, 3.05) is 5.75 Å². The number of nitrogens with two attached hydrogens (primary N) is 1. The van der Waals surface area contributed by atoms with E-state index in [1.54, 1.807) is 6.33 Å². The van der Waals surface area contributed by atoms with Gasteiger partial charge in [-0.25, -0.2) is 4.98 Å². The Morgan fingerprint density at radius 1 is 1.75 bits per heavy atom. The molecular weight excluding hydrogens is 226 g/mol. The van der Waals surface area contributed by atoms with Crippen molar-refractivity contribution in [3.63, 3.8) is 0 Å². The normalized spacial score (nSPS) is 12.6. The number of aryl methyl sites for hydroxylation is 1. The van der Waals surface area contributed by atoms with E-state index in [4.69, 9.17) is 10.8 Å². The van der Waals surface area contributed by atoms with Gasteiger partial charge in [-0.1, -0.05) is 6.92 Å². The molecule has 0 amide bonds. The first-order chi connectivity index (χ1) is 7.65. The molecule has 3 N–H and O–H groups in total. The Kier molecular flexibility index (Phi) is 5.34. The SMILES string of the molecule is CCCn1cncc1CSCC(N)C(=O)O. The highest BCUT2D eigenvalue weighted by Gasteiger charge is 2.11. The van der Waals surface area contributed by atoms with Crippen molar-refractivity contribution >= 4 is 17.7 Å². The molecule has 1 atom stereocenters. The summed E-state index contributed by atoms with van der Waals surface area (Å²) < 4.78 is 2.08. The van der Waals surface area contributed by atoms with Gasteiger partial charge in [-0.15, -0.1) is 0 Å². The largest absolute Gasteiger partial charge is 0.480 e. The van der Waals surface area contributed by atoms with Crippen molar-refractivity contribution in [1.29, 1.82) is 0 Å². The number of hydrogen-bond acceptors (Lipinski definition) is 4. The summed E-state index contributed by atoms with van der Waals surface area (Å²) in [6.07, 6.45) is 4.67. The van der Waals surface area contributed by atoms with Crippen LogP contribution in [0.4, 0.5) is 0 Å². The van der Waals surface area contributed by atoms with Gasteiger partial charge in [0.2, 0.25) is 0 Å². The maximum absolute atomic E-state index is 10.5. The molecular formula is C10H17N3O2S. The third kappa shape index (κ3) is 3.86. The van der Waals surface area contributed by atoms with E-state index in [0.29, 0.717) is 5.75 Å². The summed E-state index contributed by atoms with van der Waals surface area (Å²) in [5, 5.41) is 8.62. The van der Waals surface area contributed by atoms with Gasteiger partial charge in [0.05, 0.1) is 6.33 Å². The number of hydrogen-bond donors (Lipinski definition) is 2. The summed E-state index contributed by atoms with van der Waals surface area (Å²) in [6, 6.07) is -0.785. The van der Waals surface area contributed by atoms with Gasteiger partial charge < -0.3 is 15.4 Å². The molecule has 6 heteroatoms. The third-order valence-corrected chi connectivity index (χ3v) is 3.22. The van der Waals surface area contributed by atoms with Crippen molar-refractivity contribution in [3.8, 4) is 0 Å². The Bertz CT molecular complexity index is 341. The lowest BCUT2D eigenvalue weighted by Crippen LogP contribution is -2.32. The predicted molar refractivity (Wildman–Crippen MR) is 64.3 cm³/mol. The van der Waals surface area contributed by atoms with Crippen molar-refractivity contribution < 1.29 is 9.90 Å². The first kappa shape index (κ1) is 13.1. The fraction of sp³-hybridized carbons (Fsp3) is 0.600. The number of thioether (sulfide) groups is 1. The second kappa shape index (κ2) is 6.55. The van der Waals surface area contributed by atoms with Crippen LogP contribution in [-0.2, 0) is 17.1 Å². The first-order valence-corrected chi connectivity index (χ1v) is 6.35. The molecule has 1 aromatic heterocycles. The average molecular weight is 243 g/mol. The fourth-order valence-corrected chi connectivity index (χ4v) is 2.24. The minimum Gasteiger partial charge on any atom is -0.480 e. The highest BCUT2D eigenvalue weighted by Crippen LogP contribution is 2.13. The van der Waals surface area contributed by atoms with E-state index in [9.17, 15) is 4.79 Å². The van der Waals surface area contributed by atoms with E-state index < -0.39 is 12.0 Å². The van der Waals surface area contributed by atoms with E-state index in [0.717, 1.165) is 24.4 Å². The second-order valence-electron chi connectivity index (χ2n) is 3.54. The molecule has 5 nitrogen and oxygen atoms in total. The standard InChI is InChI=1S/C10H17N3O2S/c1-2-3-13-7-12-4-8(13)5-16-6-9(11)10(14)15/h4,7,9H,2-3,5-6,11H2,1H3,(H,14,15). The van der Waals surface area contributed by atoms with Crippen LogP contribution in [0.2, 0.25) is 0 Å². The van der Waals surface area contributed by atoms with Gasteiger partial charge in [0.25, 0.3) is 0 Å². The van der Waals surface area contributed by atoms with Crippen LogP contribution in [-0.4, -0.2) is 32.4 Å². The van der Waals surface area contributed by atoms with Crippen LogP contribution in [0.3, 0.4) is 0 Å². The van der Waals surface area contributed by atoms with E-state index in [-0.39, 0.29) is 0 Å². The minimum absolute atomic E-state index is 0.423. The molecule has 90 valence electrons. The zero-order valence-electron chi connectivity index (χ0n) is 9.30. The summed E-state index contributed by atoms with van der Waals surface area (Å²) in [4.78, 5) is 14.6. The quantitative estimate of drug-likeness (QED) is 0.745. The predicted octanol–water partition coefficient (Wildman–Crippen LogP) is 0.938. The van der Waals surface area contributed by atoms with Crippen LogP contribution >= 0.6 is 11.8 Å². The molecule has 1 unspecified atom stereocenters. The van der Waals surface area contributed by atoms with Gasteiger partial charge in [-0.05, 0) is 6.42 Å². The number of nitrogens with zero attached hydrogens (tertiary/aromatic N) is 2. The lowest BCUT2D eigenvalue weighted by Gasteiger charge is -2.08. The minimum atomic E-state index is -0.949. The van der Waals surface area contributed by atoms with Crippen LogP contribution < -0.4 is 5.73 Å². The maximum Gasteiger partial charge on any atom is 0.321 e. The zero-order chi connectivity index (χ0) is 12.0. The molecule has 0 spiro atoms. The smallest absolute Gasteiger partial charge is 0.321 e. The number of imidazole rings is 1. The average Bonchev–Trinajstić information content (AvgIpc) is 2.66. The monoisotopic (exact) mass is 243 g/mol. The molecule has 1 aromatic rings. The summed E-state index contributed by atoms with van der Waals surface area (Å²) in [6.45, 7) is 3.05. The Labute approximate surface area is 99.0 Å². The molecule has 1 rings (SSSR count). The molecule has 0 aromatic carbocycles. The molecule has 0 fully saturated rings. The Morgan fingerprint density at radius 2 is 2.50 bits per heavy atom. The summed E-state index contributed by atoms with van der Waals surface area (Å²) in [5.74, 6) is 0.225. The van der Waals surface area contributed by atoms with Crippen LogP contribution in [0.15, 0.2) is 12.5 Å². The van der Waals surface area contributed by atoms with Gasteiger partial charge >= 0.3 is 5.97 Å². The first-order valence-electron chi connectivity index (χ1n) is 5.20. The highest BCUT2D eigenvalue weighted by atomic mass is 32.2. The van der Waals surface area contributed by atoms with Crippen molar-refractivity contribution in [3.05, 3.63) is 18.2 Å². The molecule has 0 saturated heterocycles. The Morgan fingerprint density at radius 3 is 3.12 bits per heavy atom. The number of aliphatic carboxylic acids is 1. The summed E-state index contributed by atoms with van der Waals surface area (Å²) in [7, 11) is 0. The van der Waals surface area contributed by atoms with E-state index >= 15 is 0 Å². The highest BCUT2D eigenvalue weighted by molar-refractivity contribution is 7.98.